The summed E-state index contributed by atoms with van der Waals surface area (Å²) in [5, 5.41) is 11.9. The van der Waals surface area contributed by atoms with Crippen LogP contribution in [-0.4, -0.2) is 12.6 Å². The van der Waals surface area contributed by atoms with Crippen molar-refractivity contribution in [1.82, 2.24) is 5.32 Å². The maximum absolute atomic E-state index is 8.68. The minimum absolute atomic E-state index is 0.139. The zero-order valence-electron chi connectivity index (χ0n) is 6.39. The first-order valence-corrected chi connectivity index (χ1v) is 3.81. The van der Waals surface area contributed by atoms with E-state index in [1.807, 2.05) is 0 Å². The molecule has 2 heteroatoms. The molecule has 2 rings (SSSR count). The summed E-state index contributed by atoms with van der Waals surface area (Å²) in [4.78, 5) is 0. The Morgan fingerprint density at radius 2 is 2.30 bits per heavy atom. The van der Waals surface area contributed by atoms with Crippen molar-refractivity contribution >= 4 is 0 Å². The van der Waals surface area contributed by atoms with Gasteiger partial charge in [0.2, 0.25) is 0 Å². The van der Waals surface area contributed by atoms with Crippen LogP contribution >= 0.6 is 0 Å². The lowest BCUT2D eigenvalue weighted by molar-refractivity contribution is 0.442. The largest absolute Gasteiger partial charge is 0.301 e. The van der Waals surface area contributed by atoms with E-state index in [9.17, 15) is 0 Å². The van der Waals surface area contributed by atoms with Crippen LogP contribution in [0.4, 0.5) is 0 Å². The zero-order chi connectivity index (χ0) is 7.35. The second-order valence-corrected chi connectivity index (χ2v) is 3.97. The Morgan fingerprint density at radius 1 is 1.60 bits per heavy atom. The fraction of sp³-hybridized carbons (Fsp3) is 0.875. The SMILES string of the molecule is CC1(C)C2CNC(C#N)C21. The van der Waals surface area contributed by atoms with Gasteiger partial charge >= 0.3 is 0 Å². The monoisotopic (exact) mass is 136 g/mol. The van der Waals surface area contributed by atoms with Gasteiger partial charge in [-0.2, -0.15) is 5.26 Å². The summed E-state index contributed by atoms with van der Waals surface area (Å²) < 4.78 is 0. The fourth-order valence-corrected chi connectivity index (χ4v) is 2.35. The predicted molar refractivity (Wildman–Crippen MR) is 38.2 cm³/mol. The molecule has 10 heavy (non-hydrogen) atoms. The number of nitrogens with zero attached hydrogens (tertiary/aromatic N) is 1. The van der Waals surface area contributed by atoms with E-state index in [2.05, 4.69) is 25.2 Å². The summed E-state index contributed by atoms with van der Waals surface area (Å²) in [6.07, 6.45) is 0. The molecule has 1 aliphatic heterocycles. The average molecular weight is 136 g/mol. The van der Waals surface area contributed by atoms with E-state index in [-0.39, 0.29) is 6.04 Å². The Morgan fingerprint density at radius 3 is 2.60 bits per heavy atom. The summed E-state index contributed by atoms with van der Waals surface area (Å²) >= 11 is 0. The van der Waals surface area contributed by atoms with E-state index in [1.165, 1.54) is 0 Å². The molecule has 2 fully saturated rings. The Kier molecular flexibility index (Phi) is 0.952. The summed E-state index contributed by atoms with van der Waals surface area (Å²) in [6, 6.07) is 2.44. The second-order valence-electron chi connectivity index (χ2n) is 3.97. The number of piperidine rings is 1. The molecule has 1 saturated carbocycles. The summed E-state index contributed by atoms with van der Waals surface area (Å²) in [7, 11) is 0. The summed E-state index contributed by atoms with van der Waals surface area (Å²) in [5.41, 5.74) is 0.450. The molecule has 0 bridgehead atoms. The Labute approximate surface area is 61.2 Å². The molecular weight excluding hydrogens is 124 g/mol. The van der Waals surface area contributed by atoms with Crippen molar-refractivity contribution in [2.45, 2.75) is 19.9 Å². The minimum Gasteiger partial charge on any atom is -0.301 e. The molecule has 54 valence electrons. The highest BCUT2D eigenvalue weighted by Gasteiger charge is 2.64. The molecule has 0 aromatic rings. The molecular formula is C8H12N2. The van der Waals surface area contributed by atoms with Crippen LogP contribution < -0.4 is 5.32 Å². The average Bonchev–Trinajstić information content (AvgIpc) is 2.28. The standard InChI is InChI=1S/C8H12N2/c1-8(2)5-4-10-6(3-9)7(5)8/h5-7,10H,4H2,1-2H3. The molecule has 3 unspecified atom stereocenters. The van der Waals surface area contributed by atoms with Gasteiger partial charge in [-0.05, 0) is 17.3 Å². The topological polar surface area (TPSA) is 35.8 Å². The first-order valence-electron chi connectivity index (χ1n) is 3.81. The van der Waals surface area contributed by atoms with Crippen LogP contribution in [0.5, 0.6) is 0 Å². The van der Waals surface area contributed by atoms with Gasteiger partial charge in [-0.3, -0.25) is 0 Å². The van der Waals surface area contributed by atoms with Gasteiger partial charge in [0.05, 0.1) is 12.1 Å². The van der Waals surface area contributed by atoms with Gasteiger partial charge in [0.15, 0.2) is 0 Å². The predicted octanol–water partition coefficient (Wildman–Crippen LogP) is 0.754. The first-order chi connectivity index (χ1) is 4.68. The van der Waals surface area contributed by atoms with E-state index in [0.717, 1.165) is 12.5 Å². The van der Waals surface area contributed by atoms with Gasteiger partial charge in [0.25, 0.3) is 0 Å². The zero-order valence-corrected chi connectivity index (χ0v) is 6.39. The van der Waals surface area contributed by atoms with Gasteiger partial charge < -0.3 is 5.32 Å². The Balaban J connectivity index is 2.16. The molecule has 1 saturated heterocycles. The summed E-state index contributed by atoms with van der Waals surface area (Å²) in [5.74, 6) is 1.41. The van der Waals surface area contributed by atoms with Crippen molar-refractivity contribution in [2.75, 3.05) is 6.54 Å². The maximum atomic E-state index is 8.68. The fourth-order valence-electron chi connectivity index (χ4n) is 2.35. The first kappa shape index (κ1) is 6.18. The maximum Gasteiger partial charge on any atom is 0.0990 e. The number of nitrogens with one attached hydrogen (secondary N) is 1. The number of fused-ring (bicyclic) bond motifs is 1. The smallest absolute Gasteiger partial charge is 0.0990 e. The molecule has 1 N–H and O–H groups in total. The molecule has 0 amide bonds. The van der Waals surface area contributed by atoms with Gasteiger partial charge in [0, 0.05) is 6.54 Å². The molecule has 0 aromatic carbocycles. The van der Waals surface area contributed by atoms with Crippen molar-refractivity contribution in [3.05, 3.63) is 0 Å². The van der Waals surface area contributed by atoms with Crippen LogP contribution in [0.15, 0.2) is 0 Å². The summed E-state index contributed by atoms with van der Waals surface area (Å²) in [6.45, 7) is 5.57. The van der Waals surface area contributed by atoms with Crippen molar-refractivity contribution in [3.8, 4) is 6.07 Å². The molecule has 1 aliphatic carbocycles. The van der Waals surface area contributed by atoms with Gasteiger partial charge in [0.1, 0.15) is 0 Å². The number of hydrogen-bond acceptors (Lipinski definition) is 2. The molecule has 1 heterocycles. The number of hydrogen-bond donors (Lipinski definition) is 1. The number of nitriles is 1. The highest BCUT2D eigenvalue weighted by Crippen LogP contribution is 2.62. The van der Waals surface area contributed by atoms with Crippen LogP contribution in [0.2, 0.25) is 0 Å². The van der Waals surface area contributed by atoms with Crippen LogP contribution in [0.3, 0.4) is 0 Å². The quantitative estimate of drug-likeness (QED) is 0.533. The third-order valence-corrected chi connectivity index (χ3v) is 3.20. The van der Waals surface area contributed by atoms with Gasteiger partial charge in [-0.15, -0.1) is 0 Å². The highest BCUT2D eigenvalue weighted by molar-refractivity contribution is 5.20. The van der Waals surface area contributed by atoms with Crippen molar-refractivity contribution in [1.29, 1.82) is 5.26 Å². The lowest BCUT2D eigenvalue weighted by Gasteiger charge is -2.11. The molecule has 2 nitrogen and oxygen atoms in total. The van der Waals surface area contributed by atoms with Crippen molar-refractivity contribution in [2.24, 2.45) is 17.3 Å². The number of rotatable bonds is 0. The van der Waals surface area contributed by atoms with E-state index >= 15 is 0 Å². The van der Waals surface area contributed by atoms with Gasteiger partial charge in [-0.25, -0.2) is 0 Å². The highest BCUT2D eigenvalue weighted by atomic mass is 15.0. The van der Waals surface area contributed by atoms with E-state index in [1.54, 1.807) is 0 Å². The molecule has 0 spiro atoms. The lowest BCUT2D eigenvalue weighted by atomic mass is 10.0. The lowest BCUT2D eigenvalue weighted by Crippen LogP contribution is -2.28. The van der Waals surface area contributed by atoms with Crippen LogP contribution in [0.25, 0.3) is 0 Å². The van der Waals surface area contributed by atoms with E-state index < -0.39 is 0 Å². The second kappa shape index (κ2) is 1.54. The Hall–Kier alpha value is -0.550. The van der Waals surface area contributed by atoms with Crippen molar-refractivity contribution in [3.63, 3.8) is 0 Å². The van der Waals surface area contributed by atoms with Crippen LogP contribution in [-0.2, 0) is 0 Å². The molecule has 3 atom stereocenters. The third-order valence-electron chi connectivity index (χ3n) is 3.20. The van der Waals surface area contributed by atoms with Gasteiger partial charge in [-0.1, -0.05) is 13.8 Å². The van der Waals surface area contributed by atoms with Crippen molar-refractivity contribution < 1.29 is 0 Å². The Bertz CT molecular complexity index is 202. The minimum atomic E-state index is 0.139. The third kappa shape index (κ3) is 0.518. The molecule has 2 aliphatic rings. The van der Waals surface area contributed by atoms with E-state index in [4.69, 9.17) is 5.26 Å². The molecule has 0 radical (unpaired) electrons. The van der Waals surface area contributed by atoms with E-state index in [0.29, 0.717) is 11.3 Å². The van der Waals surface area contributed by atoms with Crippen LogP contribution in [0.1, 0.15) is 13.8 Å². The van der Waals surface area contributed by atoms with Crippen LogP contribution in [0, 0.1) is 28.6 Å². The normalized spacial score (nSPS) is 47.9. The molecule has 0 aromatic heterocycles.